The van der Waals surface area contributed by atoms with Gasteiger partial charge in [0, 0.05) is 12.7 Å². The van der Waals surface area contributed by atoms with E-state index in [9.17, 15) is 4.79 Å². The fourth-order valence-corrected chi connectivity index (χ4v) is 2.80. The second-order valence-corrected chi connectivity index (χ2v) is 5.52. The van der Waals surface area contributed by atoms with E-state index in [0.717, 1.165) is 37.9 Å². The monoisotopic (exact) mass is 281 g/mol. The van der Waals surface area contributed by atoms with Crippen LogP contribution < -0.4 is 10.6 Å². The molecule has 1 amide bonds. The molecule has 1 fully saturated rings. The predicted octanol–water partition coefficient (Wildman–Crippen LogP) is 2.76. The van der Waals surface area contributed by atoms with Crippen LogP contribution in [0.2, 0.25) is 5.15 Å². The van der Waals surface area contributed by atoms with Crippen LogP contribution >= 0.6 is 11.6 Å². The molecular weight excluding hydrogens is 262 g/mol. The highest BCUT2D eigenvalue weighted by molar-refractivity contribution is 6.32. The lowest BCUT2D eigenvalue weighted by atomic mass is 9.77. The van der Waals surface area contributed by atoms with Gasteiger partial charge in [-0.3, -0.25) is 4.79 Å². The normalized spacial score (nSPS) is 23.1. The van der Waals surface area contributed by atoms with Crippen molar-refractivity contribution in [3.05, 3.63) is 23.0 Å². The largest absolute Gasteiger partial charge is 0.323 e. The quantitative estimate of drug-likeness (QED) is 0.838. The maximum Gasteiger partial charge on any atom is 0.231 e. The number of aryl methyl sites for hydroxylation is 1. The van der Waals surface area contributed by atoms with E-state index in [1.54, 1.807) is 6.20 Å². The van der Waals surface area contributed by atoms with E-state index in [4.69, 9.17) is 11.6 Å². The number of pyridine rings is 1. The van der Waals surface area contributed by atoms with Gasteiger partial charge in [-0.2, -0.15) is 0 Å². The summed E-state index contributed by atoms with van der Waals surface area (Å²) in [5.74, 6) is 0.0419. The summed E-state index contributed by atoms with van der Waals surface area (Å²) in [6.45, 7) is 5.69. The lowest BCUT2D eigenvalue weighted by molar-refractivity contribution is -0.126. The Labute approximate surface area is 118 Å². The first-order chi connectivity index (χ1) is 9.09. The zero-order chi connectivity index (χ0) is 13.9. The number of rotatable bonds is 3. The molecule has 4 nitrogen and oxygen atoms in total. The summed E-state index contributed by atoms with van der Waals surface area (Å²) in [5.41, 5.74) is 1.24. The van der Waals surface area contributed by atoms with E-state index in [1.165, 1.54) is 0 Å². The number of carbonyl (C=O) groups excluding carboxylic acids is 1. The third kappa shape index (κ3) is 2.90. The summed E-state index contributed by atoms with van der Waals surface area (Å²) < 4.78 is 0. The summed E-state index contributed by atoms with van der Waals surface area (Å²) >= 11 is 6.06. The number of halogens is 1. The van der Waals surface area contributed by atoms with Crippen LogP contribution in [-0.4, -0.2) is 24.0 Å². The molecule has 1 aliphatic heterocycles. The molecular formula is C14H20ClN3O. The highest BCUT2D eigenvalue weighted by Gasteiger charge is 2.38. The van der Waals surface area contributed by atoms with Crippen LogP contribution in [0.4, 0.5) is 5.69 Å². The Morgan fingerprint density at radius 2 is 2.42 bits per heavy atom. The van der Waals surface area contributed by atoms with Gasteiger partial charge in [-0.1, -0.05) is 18.5 Å². The Hall–Kier alpha value is -1.13. The number of hydrogen-bond donors (Lipinski definition) is 2. The van der Waals surface area contributed by atoms with Gasteiger partial charge < -0.3 is 10.6 Å². The molecule has 1 unspecified atom stereocenters. The zero-order valence-electron chi connectivity index (χ0n) is 11.4. The van der Waals surface area contributed by atoms with E-state index >= 15 is 0 Å². The molecule has 0 bridgehead atoms. The Morgan fingerprint density at radius 1 is 1.63 bits per heavy atom. The highest BCUT2D eigenvalue weighted by atomic mass is 35.5. The standard InChI is InChI=1S/C14H20ClN3O/c1-3-14(6-4-7-16-9-14)13(19)18-11-10(2)5-8-17-12(11)15/h5,8,16H,3-4,6-7,9H2,1-2H3,(H,18,19). The Bertz CT molecular complexity index is 450. The van der Waals surface area contributed by atoms with Crippen LogP contribution in [0.15, 0.2) is 12.3 Å². The lowest BCUT2D eigenvalue weighted by Crippen LogP contribution is -2.47. The van der Waals surface area contributed by atoms with Crippen LogP contribution in [0.5, 0.6) is 0 Å². The number of aromatic nitrogens is 1. The van der Waals surface area contributed by atoms with E-state index in [2.05, 4.69) is 22.5 Å². The molecule has 1 aromatic heterocycles. The van der Waals surface area contributed by atoms with Crippen molar-refractivity contribution in [3.63, 3.8) is 0 Å². The van der Waals surface area contributed by atoms with Crippen molar-refractivity contribution in [2.24, 2.45) is 5.41 Å². The second-order valence-electron chi connectivity index (χ2n) is 5.16. The summed E-state index contributed by atoms with van der Waals surface area (Å²) in [6, 6.07) is 1.85. The van der Waals surface area contributed by atoms with Crippen molar-refractivity contribution in [2.45, 2.75) is 33.1 Å². The van der Waals surface area contributed by atoms with E-state index in [1.807, 2.05) is 13.0 Å². The molecule has 5 heteroatoms. The van der Waals surface area contributed by atoms with Crippen LogP contribution in [0.1, 0.15) is 31.7 Å². The zero-order valence-corrected chi connectivity index (χ0v) is 12.2. The molecule has 1 atom stereocenters. The van der Waals surface area contributed by atoms with Gasteiger partial charge in [-0.25, -0.2) is 4.98 Å². The number of piperidine rings is 1. The number of nitrogens with zero attached hydrogens (tertiary/aromatic N) is 1. The molecule has 2 N–H and O–H groups in total. The van der Waals surface area contributed by atoms with Crippen LogP contribution in [0, 0.1) is 12.3 Å². The molecule has 2 heterocycles. The average molecular weight is 282 g/mol. The van der Waals surface area contributed by atoms with E-state index < -0.39 is 0 Å². The molecule has 104 valence electrons. The molecule has 0 spiro atoms. The third-order valence-corrected chi connectivity index (χ3v) is 4.27. The van der Waals surface area contributed by atoms with Crippen LogP contribution in [-0.2, 0) is 4.79 Å². The molecule has 19 heavy (non-hydrogen) atoms. The van der Waals surface area contributed by atoms with Crippen molar-refractivity contribution in [2.75, 3.05) is 18.4 Å². The third-order valence-electron chi connectivity index (χ3n) is 3.98. The number of anilines is 1. The van der Waals surface area contributed by atoms with Crippen molar-refractivity contribution in [1.82, 2.24) is 10.3 Å². The SMILES string of the molecule is CCC1(C(=O)Nc2c(C)ccnc2Cl)CCCNC1. The van der Waals surface area contributed by atoms with Crippen molar-refractivity contribution in [3.8, 4) is 0 Å². The van der Waals surface area contributed by atoms with Gasteiger partial charge in [-0.05, 0) is 44.4 Å². The lowest BCUT2D eigenvalue weighted by Gasteiger charge is -2.35. The van der Waals surface area contributed by atoms with Gasteiger partial charge in [0.05, 0.1) is 11.1 Å². The summed E-state index contributed by atoms with van der Waals surface area (Å²) in [5, 5.41) is 6.63. The number of hydrogen-bond acceptors (Lipinski definition) is 3. The Morgan fingerprint density at radius 3 is 3.00 bits per heavy atom. The molecule has 0 aliphatic carbocycles. The minimum atomic E-state index is -0.330. The number of amides is 1. The maximum atomic E-state index is 12.6. The minimum absolute atomic E-state index is 0.0419. The van der Waals surface area contributed by atoms with Gasteiger partial charge in [0.15, 0.2) is 5.15 Å². The van der Waals surface area contributed by atoms with Crippen LogP contribution in [0.3, 0.4) is 0 Å². The molecule has 2 rings (SSSR count). The first kappa shape index (κ1) is 14.3. The fourth-order valence-electron chi connectivity index (χ4n) is 2.55. The van der Waals surface area contributed by atoms with Gasteiger partial charge >= 0.3 is 0 Å². The number of nitrogens with one attached hydrogen (secondary N) is 2. The number of carbonyl (C=O) groups is 1. The smallest absolute Gasteiger partial charge is 0.231 e. The van der Waals surface area contributed by atoms with Crippen molar-refractivity contribution in [1.29, 1.82) is 0 Å². The molecule has 1 saturated heterocycles. The summed E-state index contributed by atoms with van der Waals surface area (Å²) in [4.78, 5) is 16.6. The first-order valence-corrected chi connectivity index (χ1v) is 7.10. The van der Waals surface area contributed by atoms with Gasteiger partial charge in [0.2, 0.25) is 5.91 Å². The summed E-state index contributed by atoms with van der Waals surface area (Å²) in [7, 11) is 0. The van der Waals surface area contributed by atoms with E-state index in [-0.39, 0.29) is 11.3 Å². The van der Waals surface area contributed by atoms with E-state index in [0.29, 0.717) is 10.8 Å². The second kappa shape index (κ2) is 5.88. The Balaban J connectivity index is 2.20. The van der Waals surface area contributed by atoms with Gasteiger partial charge in [-0.15, -0.1) is 0 Å². The molecule has 1 aromatic rings. The Kier molecular flexibility index (Phi) is 4.42. The molecule has 0 radical (unpaired) electrons. The average Bonchev–Trinajstić information content (AvgIpc) is 2.43. The molecule has 0 aromatic carbocycles. The minimum Gasteiger partial charge on any atom is -0.323 e. The van der Waals surface area contributed by atoms with Gasteiger partial charge in [0.25, 0.3) is 0 Å². The predicted molar refractivity (Wildman–Crippen MR) is 77.4 cm³/mol. The maximum absolute atomic E-state index is 12.6. The van der Waals surface area contributed by atoms with Crippen molar-refractivity contribution >= 4 is 23.2 Å². The fraction of sp³-hybridized carbons (Fsp3) is 0.571. The summed E-state index contributed by atoms with van der Waals surface area (Å²) in [6.07, 6.45) is 4.41. The molecule has 0 saturated carbocycles. The van der Waals surface area contributed by atoms with Gasteiger partial charge in [0.1, 0.15) is 0 Å². The molecule has 1 aliphatic rings. The van der Waals surface area contributed by atoms with Crippen molar-refractivity contribution < 1.29 is 4.79 Å². The van der Waals surface area contributed by atoms with Crippen LogP contribution in [0.25, 0.3) is 0 Å². The first-order valence-electron chi connectivity index (χ1n) is 6.72. The highest BCUT2D eigenvalue weighted by Crippen LogP contribution is 2.33. The topological polar surface area (TPSA) is 54.0 Å².